The summed E-state index contributed by atoms with van der Waals surface area (Å²) >= 11 is 6.13. The van der Waals surface area contributed by atoms with Crippen LogP contribution in [0.2, 0.25) is 5.02 Å². The molecule has 0 aliphatic carbocycles. The number of fused-ring (bicyclic) bond motifs is 1. The number of anilines is 1. The van der Waals surface area contributed by atoms with E-state index in [0.29, 0.717) is 33.1 Å². The van der Waals surface area contributed by atoms with E-state index >= 15 is 0 Å². The van der Waals surface area contributed by atoms with E-state index in [9.17, 15) is 4.79 Å². The Hall–Kier alpha value is -3.44. The number of carbonyl (C=O) groups excluding carboxylic acids is 1. The molecule has 0 aliphatic rings. The van der Waals surface area contributed by atoms with Crippen LogP contribution in [0.15, 0.2) is 70.1 Å². The molecule has 5 nitrogen and oxygen atoms in total. The molecule has 0 saturated heterocycles. The number of nitrogens with one attached hydrogen (secondary N) is 1. The summed E-state index contributed by atoms with van der Waals surface area (Å²) in [6.07, 6.45) is 0. The minimum atomic E-state index is -0.359. The van der Waals surface area contributed by atoms with Gasteiger partial charge in [0.15, 0.2) is 0 Å². The molecule has 30 heavy (non-hydrogen) atoms. The van der Waals surface area contributed by atoms with Gasteiger partial charge in [0.1, 0.15) is 17.0 Å². The normalized spacial score (nSPS) is 11.7. The van der Waals surface area contributed by atoms with Crippen LogP contribution >= 0.6 is 11.6 Å². The summed E-state index contributed by atoms with van der Waals surface area (Å²) in [6, 6.07) is 18.4. The van der Waals surface area contributed by atoms with E-state index in [1.54, 1.807) is 30.3 Å². The number of carbonyl (C=O) groups is 1. The molecule has 0 bridgehead atoms. The van der Waals surface area contributed by atoms with Crippen LogP contribution in [-0.4, -0.2) is 10.9 Å². The molecule has 0 unspecified atom stereocenters. The Kier molecular flexibility index (Phi) is 5.38. The third-order valence-corrected chi connectivity index (χ3v) is 4.76. The average Bonchev–Trinajstić information content (AvgIpc) is 2.67. The highest BCUT2D eigenvalue weighted by molar-refractivity contribution is 6.31. The summed E-state index contributed by atoms with van der Waals surface area (Å²) in [5.74, 6) is 0.102. The van der Waals surface area contributed by atoms with Gasteiger partial charge >= 0.3 is 0 Å². The highest BCUT2D eigenvalue weighted by Gasteiger charge is 2.14. The van der Waals surface area contributed by atoms with Gasteiger partial charge in [-0.3, -0.25) is 4.79 Å². The van der Waals surface area contributed by atoms with E-state index in [1.807, 2.05) is 45.0 Å². The number of pyridine rings is 1. The van der Waals surface area contributed by atoms with Gasteiger partial charge in [-0.25, -0.2) is 9.98 Å². The Morgan fingerprint density at radius 3 is 2.50 bits per heavy atom. The molecule has 1 N–H and O–H groups in total. The predicted octanol–water partition coefficient (Wildman–Crippen LogP) is 5.89. The highest BCUT2D eigenvalue weighted by atomic mass is 35.5. The first-order valence-corrected chi connectivity index (χ1v) is 9.87. The number of amides is 1. The number of benzene rings is 2. The van der Waals surface area contributed by atoms with Crippen LogP contribution in [0, 0.1) is 20.8 Å². The maximum atomic E-state index is 13.1. The Morgan fingerprint density at radius 1 is 1.00 bits per heavy atom. The third kappa shape index (κ3) is 4.42. The summed E-state index contributed by atoms with van der Waals surface area (Å²) < 4.78 is 6.01. The third-order valence-electron chi connectivity index (χ3n) is 4.52. The lowest BCUT2D eigenvalue weighted by molar-refractivity contribution is 0.102. The van der Waals surface area contributed by atoms with Crippen molar-refractivity contribution in [3.63, 3.8) is 0 Å². The van der Waals surface area contributed by atoms with Crippen LogP contribution in [0.5, 0.6) is 0 Å². The first-order valence-electron chi connectivity index (χ1n) is 9.49. The molecule has 0 aliphatic heterocycles. The van der Waals surface area contributed by atoms with Crippen LogP contribution < -0.4 is 10.9 Å². The summed E-state index contributed by atoms with van der Waals surface area (Å²) in [5, 5.41) is 4.10. The van der Waals surface area contributed by atoms with E-state index in [2.05, 4.69) is 21.4 Å². The van der Waals surface area contributed by atoms with E-state index in [4.69, 9.17) is 16.0 Å². The van der Waals surface area contributed by atoms with Crippen molar-refractivity contribution in [1.82, 2.24) is 4.98 Å². The van der Waals surface area contributed by atoms with Crippen LogP contribution in [0.4, 0.5) is 11.5 Å². The summed E-state index contributed by atoms with van der Waals surface area (Å²) in [6.45, 7) is 5.87. The fourth-order valence-corrected chi connectivity index (χ4v) is 3.46. The molecule has 0 atom stereocenters. The molecule has 1 amide bonds. The topological polar surface area (TPSA) is 67.5 Å². The zero-order valence-corrected chi connectivity index (χ0v) is 17.6. The Bertz CT molecular complexity index is 1320. The van der Waals surface area contributed by atoms with Crippen molar-refractivity contribution in [3.8, 4) is 0 Å². The zero-order chi connectivity index (χ0) is 21.3. The van der Waals surface area contributed by atoms with Gasteiger partial charge in [0.25, 0.3) is 5.91 Å². The maximum absolute atomic E-state index is 13.1. The molecule has 6 heteroatoms. The standard InChI is InChI=1S/C24H20ClN3O2/c1-14-9-15(2)11-19(10-14)27-24-20(13-17-12-18(25)7-8-21(17)30-24)23(29)28-22-6-4-5-16(3)26-22/h4-13H,1-3H3,(H,26,28,29). The van der Waals surface area contributed by atoms with Gasteiger partial charge in [-0.2, -0.15) is 0 Å². The molecule has 2 aromatic heterocycles. The largest absolute Gasteiger partial charge is 0.438 e. The van der Waals surface area contributed by atoms with Gasteiger partial charge in [0, 0.05) is 16.1 Å². The molecular formula is C24H20ClN3O2. The van der Waals surface area contributed by atoms with Crippen molar-refractivity contribution >= 4 is 40.0 Å². The monoisotopic (exact) mass is 417 g/mol. The summed E-state index contributed by atoms with van der Waals surface area (Å²) in [5.41, 5.74) is 4.79. The second-order valence-corrected chi connectivity index (χ2v) is 7.66. The average molecular weight is 418 g/mol. The number of hydrogen-bond donors (Lipinski definition) is 1. The zero-order valence-electron chi connectivity index (χ0n) is 16.9. The van der Waals surface area contributed by atoms with Gasteiger partial charge in [-0.05, 0) is 80.4 Å². The van der Waals surface area contributed by atoms with Gasteiger partial charge in [-0.15, -0.1) is 0 Å². The minimum Gasteiger partial charge on any atom is -0.438 e. The Labute approximate surface area is 179 Å². The van der Waals surface area contributed by atoms with Crippen molar-refractivity contribution in [2.75, 3.05) is 5.32 Å². The lowest BCUT2D eigenvalue weighted by Crippen LogP contribution is -2.22. The summed E-state index contributed by atoms with van der Waals surface area (Å²) in [4.78, 5) is 22.1. The first kappa shape index (κ1) is 19.9. The predicted molar refractivity (Wildman–Crippen MR) is 119 cm³/mol. The van der Waals surface area contributed by atoms with Crippen LogP contribution in [0.1, 0.15) is 27.2 Å². The lowest BCUT2D eigenvalue weighted by Gasteiger charge is -2.07. The molecule has 2 aromatic carbocycles. The van der Waals surface area contributed by atoms with Crippen molar-refractivity contribution in [3.05, 3.63) is 93.6 Å². The highest BCUT2D eigenvalue weighted by Crippen LogP contribution is 2.21. The molecule has 0 fully saturated rings. The molecule has 150 valence electrons. The van der Waals surface area contributed by atoms with Crippen molar-refractivity contribution < 1.29 is 9.21 Å². The maximum Gasteiger partial charge on any atom is 0.262 e. The molecule has 0 radical (unpaired) electrons. The number of aromatic nitrogens is 1. The number of nitrogens with zero attached hydrogens (tertiary/aromatic N) is 2. The van der Waals surface area contributed by atoms with Crippen molar-refractivity contribution in [2.24, 2.45) is 4.99 Å². The molecular weight excluding hydrogens is 398 g/mol. The number of hydrogen-bond acceptors (Lipinski definition) is 4. The number of halogens is 1. The quantitative estimate of drug-likeness (QED) is 0.451. The van der Waals surface area contributed by atoms with Crippen molar-refractivity contribution in [2.45, 2.75) is 20.8 Å². The van der Waals surface area contributed by atoms with Gasteiger partial charge in [0.05, 0.1) is 5.69 Å². The molecule has 0 saturated carbocycles. The van der Waals surface area contributed by atoms with E-state index in [0.717, 1.165) is 16.8 Å². The number of aryl methyl sites for hydroxylation is 3. The van der Waals surface area contributed by atoms with Crippen LogP contribution in [-0.2, 0) is 0 Å². The Morgan fingerprint density at radius 2 is 1.77 bits per heavy atom. The van der Waals surface area contributed by atoms with E-state index in [-0.39, 0.29) is 11.5 Å². The van der Waals surface area contributed by atoms with E-state index < -0.39 is 0 Å². The minimum absolute atomic E-state index is 0.222. The first-order chi connectivity index (χ1) is 14.4. The second kappa shape index (κ2) is 8.13. The fraction of sp³-hybridized carbons (Fsp3) is 0.125. The lowest BCUT2D eigenvalue weighted by atomic mass is 10.1. The molecule has 4 aromatic rings. The van der Waals surface area contributed by atoms with Gasteiger partial charge in [0.2, 0.25) is 5.55 Å². The van der Waals surface area contributed by atoms with Crippen LogP contribution in [0.25, 0.3) is 11.0 Å². The Balaban J connectivity index is 1.88. The fourth-order valence-electron chi connectivity index (χ4n) is 3.28. The van der Waals surface area contributed by atoms with Crippen molar-refractivity contribution in [1.29, 1.82) is 0 Å². The smallest absolute Gasteiger partial charge is 0.262 e. The van der Waals surface area contributed by atoms with Gasteiger partial charge < -0.3 is 9.73 Å². The van der Waals surface area contributed by atoms with Crippen LogP contribution in [0.3, 0.4) is 0 Å². The molecule has 0 spiro atoms. The second-order valence-electron chi connectivity index (χ2n) is 7.22. The SMILES string of the molecule is Cc1cc(C)cc(N=c2oc3ccc(Cl)cc3cc2C(=O)Nc2cccc(C)n2)c1. The van der Waals surface area contributed by atoms with Gasteiger partial charge in [-0.1, -0.05) is 23.7 Å². The molecule has 2 heterocycles. The molecule has 4 rings (SSSR count). The summed E-state index contributed by atoms with van der Waals surface area (Å²) in [7, 11) is 0. The van der Waals surface area contributed by atoms with E-state index in [1.165, 1.54) is 0 Å². The number of rotatable bonds is 3.